The molecule has 2 aliphatic rings. The minimum atomic E-state index is -1.20. The number of aliphatic hydroxyl groups is 5. The third-order valence-corrected chi connectivity index (χ3v) is 9.61. The fourth-order valence-corrected chi connectivity index (χ4v) is 6.50. The van der Waals surface area contributed by atoms with Crippen molar-refractivity contribution in [1.29, 1.82) is 0 Å². The number of nitrogens with one attached hydrogen (secondary N) is 1. The molecule has 3 aromatic heterocycles. The Morgan fingerprint density at radius 1 is 1.14 bits per heavy atom. The molecule has 1 saturated carbocycles. The summed E-state index contributed by atoms with van der Waals surface area (Å²) >= 11 is 0. The van der Waals surface area contributed by atoms with E-state index in [9.17, 15) is 25.5 Å². The van der Waals surface area contributed by atoms with Gasteiger partial charge in [-0.25, -0.2) is 19.9 Å². The van der Waals surface area contributed by atoms with Crippen LogP contribution in [0.4, 0.5) is 5.82 Å². The summed E-state index contributed by atoms with van der Waals surface area (Å²) in [7, 11) is 0. The van der Waals surface area contributed by atoms with E-state index in [-0.39, 0.29) is 37.7 Å². The maximum absolute atomic E-state index is 11.0. The highest BCUT2D eigenvalue weighted by Crippen LogP contribution is 2.38. The molecular weight excluding hydrogens is 568 g/mol. The fraction of sp³-hybridized carbons (Fsp3) is 0.600. The van der Waals surface area contributed by atoms with Crippen LogP contribution < -0.4 is 5.73 Å². The van der Waals surface area contributed by atoms with Crippen LogP contribution in [0.2, 0.25) is 0 Å². The van der Waals surface area contributed by atoms with Crippen molar-refractivity contribution in [1.82, 2.24) is 34.4 Å². The Morgan fingerprint density at radius 2 is 1.91 bits per heavy atom. The number of aromatic amines is 1. The number of anilines is 1. The second-order valence-corrected chi connectivity index (χ2v) is 12.7. The second kappa shape index (κ2) is 12.3. The average Bonchev–Trinajstić information content (AvgIpc) is 3.70. The first-order chi connectivity index (χ1) is 21.1. The number of hydrogen-bond donors (Lipinski definition) is 7. The topological polar surface area (TPSA) is 212 Å². The summed E-state index contributed by atoms with van der Waals surface area (Å²) in [6.45, 7) is 3.80. The second-order valence-electron chi connectivity index (χ2n) is 12.7. The van der Waals surface area contributed by atoms with Crippen LogP contribution in [0.25, 0.3) is 22.2 Å². The lowest BCUT2D eigenvalue weighted by molar-refractivity contribution is -0.0677. The molecule has 44 heavy (non-hydrogen) atoms. The molecule has 1 aliphatic heterocycles. The summed E-state index contributed by atoms with van der Waals surface area (Å²) in [5.74, 6) is 1.61. The number of imidazole rings is 2. The zero-order valence-electron chi connectivity index (χ0n) is 25.0. The van der Waals surface area contributed by atoms with Crippen LogP contribution >= 0.6 is 0 Å². The van der Waals surface area contributed by atoms with Crippen molar-refractivity contribution in [2.45, 2.75) is 81.6 Å². The van der Waals surface area contributed by atoms with Gasteiger partial charge in [0.15, 0.2) is 17.7 Å². The number of nitrogens with two attached hydrogens (primary N) is 1. The molecule has 1 aromatic carbocycles. The van der Waals surface area contributed by atoms with Crippen molar-refractivity contribution < 1.29 is 30.3 Å². The lowest BCUT2D eigenvalue weighted by Crippen LogP contribution is -2.54. The molecule has 0 amide bonds. The van der Waals surface area contributed by atoms with E-state index in [1.54, 1.807) is 4.57 Å². The Kier molecular flexibility index (Phi) is 8.58. The number of aromatic nitrogens is 6. The maximum Gasteiger partial charge on any atom is 0.167 e. The molecule has 0 radical (unpaired) electrons. The zero-order valence-corrected chi connectivity index (χ0v) is 25.0. The molecule has 0 spiro atoms. The van der Waals surface area contributed by atoms with Crippen LogP contribution in [-0.2, 0) is 16.6 Å². The number of fused-ring (bicyclic) bond motifs is 2. The molecule has 238 valence electrons. The number of nitrogen functional groups attached to an aromatic ring is 1. The first-order valence-corrected chi connectivity index (χ1v) is 15.2. The molecule has 8 N–H and O–H groups in total. The number of nitrogens with zero attached hydrogens (tertiary/aromatic N) is 6. The molecular formula is C30H42N8O6. The average molecular weight is 611 g/mol. The van der Waals surface area contributed by atoms with Crippen molar-refractivity contribution >= 4 is 28.0 Å². The van der Waals surface area contributed by atoms with Gasteiger partial charge < -0.3 is 41.0 Å². The standard InChI is InChI=1S/C30H42N8O6/c1-16(11-39)37(10-22-25(42)26(43)29(44-22)38-15-34-24-27(31)32-14-33-28(24)38)19-7-17(8-19)3-6-23-35-20-5-4-18(9-21(20)36-23)30(2,12-40)13-41/h4-5,9,14-17,19,22,25-26,29,39-43H,3,6-8,10-13H2,1-2H3,(H,35,36)(H2,31,32,33). The highest BCUT2D eigenvalue weighted by molar-refractivity contribution is 5.81. The van der Waals surface area contributed by atoms with E-state index in [0.29, 0.717) is 23.6 Å². The Morgan fingerprint density at radius 3 is 2.64 bits per heavy atom. The van der Waals surface area contributed by atoms with E-state index in [0.717, 1.165) is 48.1 Å². The molecule has 5 unspecified atom stereocenters. The minimum Gasteiger partial charge on any atom is -0.395 e. The smallest absolute Gasteiger partial charge is 0.167 e. The lowest BCUT2D eigenvalue weighted by atomic mass is 9.76. The highest BCUT2D eigenvalue weighted by Gasteiger charge is 2.47. The lowest BCUT2D eigenvalue weighted by Gasteiger charge is -2.46. The van der Waals surface area contributed by atoms with Crippen LogP contribution in [0.1, 0.15) is 50.7 Å². The highest BCUT2D eigenvalue weighted by atomic mass is 16.6. The van der Waals surface area contributed by atoms with Gasteiger partial charge in [0.05, 0.1) is 37.2 Å². The number of aryl methyl sites for hydroxylation is 1. The molecule has 1 aliphatic carbocycles. The summed E-state index contributed by atoms with van der Waals surface area (Å²) in [6.07, 6.45) is 2.52. The molecule has 14 heteroatoms. The number of rotatable bonds is 12. The Balaban J connectivity index is 1.07. The van der Waals surface area contributed by atoms with Crippen LogP contribution in [0.5, 0.6) is 0 Å². The van der Waals surface area contributed by atoms with Crippen molar-refractivity contribution in [3.05, 3.63) is 42.2 Å². The molecule has 4 heterocycles. The summed E-state index contributed by atoms with van der Waals surface area (Å²) in [5.41, 5.74) is 8.60. The van der Waals surface area contributed by atoms with E-state index in [1.165, 1.54) is 12.7 Å². The number of aliphatic hydroxyl groups excluding tert-OH is 5. The Bertz CT molecular complexity index is 1580. The Labute approximate surface area is 254 Å². The zero-order chi connectivity index (χ0) is 31.2. The van der Waals surface area contributed by atoms with Gasteiger partial charge in [-0.05, 0) is 49.8 Å². The molecule has 6 rings (SSSR count). The third-order valence-electron chi connectivity index (χ3n) is 9.61. The van der Waals surface area contributed by atoms with E-state index < -0.39 is 30.0 Å². The van der Waals surface area contributed by atoms with Gasteiger partial charge in [0.2, 0.25) is 0 Å². The van der Waals surface area contributed by atoms with Crippen LogP contribution in [0.15, 0.2) is 30.9 Å². The third kappa shape index (κ3) is 5.55. The summed E-state index contributed by atoms with van der Waals surface area (Å²) in [4.78, 5) is 22.7. The van der Waals surface area contributed by atoms with Crippen molar-refractivity contribution in [3.8, 4) is 0 Å². The van der Waals surface area contributed by atoms with Gasteiger partial charge in [-0.15, -0.1) is 0 Å². The minimum absolute atomic E-state index is 0.0368. The predicted octanol–water partition coefficient (Wildman–Crippen LogP) is 0.241. The van der Waals surface area contributed by atoms with Gasteiger partial charge in [0.1, 0.15) is 36.0 Å². The SMILES string of the molecule is CC(CO)N(CC1OC(n2cnc3c(N)ncnc32)C(O)C1O)C1CC(CCc2nc3ccc(C(C)(CO)CO)cc3[nH]2)C1. The first kappa shape index (κ1) is 30.8. The Hall–Kier alpha value is -3.24. The molecule has 0 bridgehead atoms. The van der Waals surface area contributed by atoms with Gasteiger partial charge in [-0.1, -0.05) is 13.0 Å². The van der Waals surface area contributed by atoms with Crippen molar-refractivity contribution in [3.63, 3.8) is 0 Å². The fourth-order valence-electron chi connectivity index (χ4n) is 6.50. The van der Waals surface area contributed by atoms with Crippen LogP contribution in [0.3, 0.4) is 0 Å². The van der Waals surface area contributed by atoms with Crippen LogP contribution in [0, 0.1) is 5.92 Å². The van der Waals surface area contributed by atoms with E-state index in [1.807, 2.05) is 32.0 Å². The number of hydrogen-bond acceptors (Lipinski definition) is 12. The van der Waals surface area contributed by atoms with Gasteiger partial charge in [-0.3, -0.25) is 9.47 Å². The molecule has 2 fully saturated rings. The summed E-state index contributed by atoms with van der Waals surface area (Å²) < 4.78 is 7.75. The largest absolute Gasteiger partial charge is 0.395 e. The maximum atomic E-state index is 11.0. The van der Waals surface area contributed by atoms with Gasteiger partial charge in [0.25, 0.3) is 0 Å². The quantitative estimate of drug-likeness (QED) is 0.115. The first-order valence-electron chi connectivity index (χ1n) is 15.2. The summed E-state index contributed by atoms with van der Waals surface area (Å²) in [6, 6.07) is 5.83. The molecule has 4 aromatic rings. The molecule has 5 atom stereocenters. The normalized spacial score (nSPS) is 26.5. The molecule has 1 saturated heterocycles. The number of H-pyrrole nitrogens is 1. The monoisotopic (exact) mass is 610 g/mol. The van der Waals surface area contributed by atoms with Gasteiger partial charge in [0, 0.05) is 30.5 Å². The van der Waals surface area contributed by atoms with Gasteiger partial charge in [-0.2, -0.15) is 0 Å². The van der Waals surface area contributed by atoms with Crippen molar-refractivity contribution in [2.24, 2.45) is 5.92 Å². The van der Waals surface area contributed by atoms with E-state index in [4.69, 9.17) is 15.5 Å². The van der Waals surface area contributed by atoms with E-state index in [2.05, 4.69) is 24.8 Å². The summed E-state index contributed by atoms with van der Waals surface area (Å²) in [5, 5.41) is 51.4. The number of ether oxygens (including phenoxy) is 1. The predicted molar refractivity (Wildman–Crippen MR) is 161 cm³/mol. The van der Waals surface area contributed by atoms with Crippen molar-refractivity contribution in [2.75, 3.05) is 32.1 Å². The number of benzene rings is 1. The van der Waals surface area contributed by atoms with Gasteiger partial charge >= 0.3 is 0 Å². The van der Waals surface area contributed by atoms with Crippen LogP contribution in [-0.4, -0.2) is 117 Å². The van der Waals surface area contributed by atoms with E-state index >= 15 is 0 Å². The molecule has 14 nitrogen and oxygen atoms in total.